The Bertz CT molecular complexity index is 419. The lowest BCUT2D eigenvalue weighted by atomic mass is 10.0. The van der Waals surface area contributed by atoms with Crippen molar-refractivity contribution < 1.29 is 14.4 Å². The Hall–Kier alpha value is -1.40. The minimum atomic E-state index is -0.0736. The minimum absolute atomic E-state index is 0.0736. The van der Waals surface area contributed by atoms with Crippen LogP contribution in [0.4, 0.5) is 5.82 Å². The van der Waals surface area contributed by atoms with Crippen LogP contribution in [0.1, 0.15) is 31.4 Å². The molecule has 19 heavy (non-hydrogen) atoms. The van der Waals surface area contributed by atoms with E-state index >= 15 is 0 Å². The van der Waals surface area contributed by atoms with Gasteiger partial charge >= 0.3 is 0 Å². The Morgan fingerprint density at radius 3 is 3.16 bits per heavy atom. The predicted molar refractivity (Wildman–Crippen MR) is 70.8 cm³/mol. The first-order chi connectivity index (χ1) is 9.19. The summed E-state index contributed by atoms with van der Waals surface area (Å²) in [5.41, 5.74) is 0. The van der Waals surface area contributed by atoms with E-state index < -0.39 is 0 Å². The number of aliphatic hydroxyl groups is 1. The topological polar surface area (TPSA) is 78.6 Å². The van der Waals surface area contributed by atoms with Gasteiger partial charge in [0.05, 0.1) is 6.61 Å². The molecule has 2 rings (SSSR count). The lowest BCUT2D eigenvalue weighted by Gasteiger charge is -2.34. The number of likely N-dealkylation sites (tertiary alicyclic amines) is 1. The third-order valence-corrected chi connectivity index (χ3v) is 3.48. The highest BCUT2D eigenvalue weighted by atomic mass is 16.5. The van der Waals surface area contributed by atoms with Crippen molar-refractivity contribution in [3.8, 4) is 0 Å². The van der Waals surface area contributed by atoms with Crippen molar-refractivity contribution in [3.63, 3.8) is 0 Å². The van der Waals surface area contributed by atoms with Crippen molar-refractivity contribution >= 4 is 11.7 Å². The summed E-state index contributed by atoms with van der Waals surface area (Å²) in [6.45, 7) is 3.59. The van der Waals surface area contributed by atoms with Gasteiger partial charge in [0, 0.05) is 25.1 Å². The maximum absolute atomic E-state index is 11.8. The maximum Gasteiger partial charge on any atom is 0.226 e. The van der Waals surface area contributed by atoms with E-state index in [-0.39, 0.29) is 18.6 Å². The molecule has 0 radical (unpaired) electrons. The molecular formula is C13H21N3O3. The van der Waals surface area contributed by atoms with Crippen LogP contribution in [0, 0.1) is 6.92 Å². The fourth-order valence-corrected chi connectivity index (χ4v) is 2.44. The number of nitrogens with one attached hydrogen (secondary N) is 1. The van der Waals surface area contributed by atoms with Gasteiger partial charge in [0.15, 0.2) is 5.82 Å². The number of hydrogen-bond donors (Lipinski definition) is 2. The zero-order valence-corrected chi connectivity index (χ0v) is 11.3. The molecule has 1 fully saturated rings. The summed E-state index contributed by atoms with van der Waals surface area (Å²) < 4.78 is 4.89. The van der Waals surface area contributed by atoms with Crippen LogP contribution in [0.2, 0.25) is 0 Å². The number of anilines is 1. The smallest absolute Gasteiger partial charge is 0.226 e. The summed E-state index contributed by atoms with van der Waals surface area (Å²) in [5, 5.41) is 15.7. The largest absolute Gasteiger partial charge is 0.395 e. The zero-order chi connectivity index (χ0) is 13.7. The van der Waals surface area contributed by atoms with E-state index in [0.29, 0.717) is 24.5 Å². The highest BCUT2D eigenvalue weighted by Gasteiger charge is 2.21. The fourth-order valence-electron chi connectivity index (χ4n) is 2.44. The summed E-state index contributed by atoms with van der Waals surface area (Å²) in [6.07, 6.45) is 3.72. The van der Waals surface area contributed by atoms with Crippen LogP contribution < -0.4 is 5.32 Å². The second-order valence-electron chi connectivity index (χ2n) is 4.99. The fraction of sp³-hybridized carbons (Fsp3) is 0.692. The van der Waals surface area contributed by atoms with Gasteiger partial charge in [-0.1, -0.05) is 11.6 Å². The summed E-state index contributed by atoms with van der Waals surface area (Å²) in [7, 11) is 0. The summed E-state index contributed by atoms with van der Waals surface area (Å²) in [5.74, 6) is 1.06. The average molecular weight is 267 g/mol. The van der Waals surface area contributed by atoms with E-state index in [1.54, 1.807) is 13.0 Å². The van der Waals surface area contributed by atoms with Crippen molar-refractivity contribution in [2.45, 2.75) is 38.6 Å². The Morgan fingerprint density at radius 2 is 2.47 bits per heavy atom. The molecule has 1 aliphatic heterocycles. The molecule has 6 heteroatoms. The molecule has 1 aromatic heterocycles. The Labute approximate surface area is 112 Å². The minimum Gasteiger partial charge on any atom is -0.395 e. The van der Waals surface area contributed by atoms with Crippen LogP contribution in [0.25, 0.3) is 0 Å². The molecule has 2 heterocycles. The maximum atomic E-state index is 11.8. The zero-order valence-electron chi connectivity index (χ0n) is 11.3. The van der Waals surface area contributed by atoms with E-state index in [9.17, 15) is 9.90 Å². The van der Waals surface area contributed by atoms with Crippen LogP contribution >= 0.6 is 0 Å². The van der Waals surface area contributed by atoms with Crippen LogP contribution in [-0.2, 0) is 4.79 Å². The van der Waals surface area contributed by atoms with Crippen molar-refractivity contribution in [3.05, 3.63) is 11.8 Å². The normalized spacial score (nSPS) is 20.4. The Balaban J connectivity index is 1.76. The van der Waals surface area contributed by atoms with E-state index in [1.165, 1.54) is 0 Å². The summed E-state index contributed by atoms with van der Waals surface area (Å²) in [4.78, 5) is 14.0. The van der Waals surface area contributed by atoms with Gasteiger partial charge in [-0.2, -0.15) is 0 Å². The number of nitrogens with zero attached hydrogens (tertiary/aromatic N) is 2. The summed E-state index contributed by atoms with van der Waals surface area (Å²) in [6, 6.07) is 1.89. The van der Waals surface area contributed by atoms with Gasteiger partial charge in [-0.25, -0.2) is 0 Å². The second-order valence-corrected chi connectivity index (χ2v) is 4.99. The number of amides is 1. The molecule has 2 N–H and O–H groups in total. The van der Waals surface area contributed by atoms with Gasteiger partial charge in [-0.3, -0.25) is 9.69 Å². The van der Waals surface area contributed by atoms with E-state index in [4.69, 9.17) is 4.52 Å². The van der Waals surface area contributed by atoms with Crippen LogP contribution in [0.15, 0.2) is 10.6 Å². The van der Waals surface area contributed by atoms with Gasteiger partial charge in [-0.15, -0.1) is 0 Å². The van der Waals surface area contributed by atoms with Crippen LogP contribution in [-0.4, -0.2) is 46.8 Å². The molecule has 6 nitrogen and oxygen atoms in total. The number of aryl methyl sites for hydroxylation is 1. The number of aliphatic hydroxyl groups excluding tert-OH is 1. The van der Waals surface area contributed by atoms with Crippen molar-refractivity contribution in [2.24, 2.45) is 0 Å². The first-order valence-corrected chi connectivity index (χ1v) is 6.77. The highest BCUT2D eigenvalue weighted by Crippen LogP contribution is 2.16. The first kappa shape index (κ1) is 14.0. The molecule has 0 aromatic carbocycles. The van der Waals surface area contributed by atoms with E-state index in [0.717, 1.165) is 25.8 Å². The number of carbonyl (C=O) groups is 1. The van der Waals surface area contributed by atoms with E-state index in [2.05, 4.69) is 15.4 Å². The molecule has 0 saturated carbocycles. The average Bonchev–Trinajstić information content (AvgIpc) is 2.82. The SMILES string of the molecule is Cc1cc(NC(=O)CCN2CCCCC2CO)no1. The molecule has 0 aliphatic carbocycles. The number of rotatable bonds is 5. The Morgan fingerprint density at radius 1 is 1.63 bits per heavy atom. The second kappa shape index (κ2) is 6.68. The molecule has 1 atom stereocenters. The lowest BCUT2D eigenvalue weighted by Crippen LogP contribution is -2.43. The molecule has 1 amide bonds. The molecule has 1 aliphatic rings. The molecule has 1 aromatic rings. The highest BCUT2D eigenvalue weighted by molar-refractivity contribution is 5.89. The van der Waals surface area contributed by atoms with Crippen molar-refractivity contribution in [2.75, 3.05) is 25.0 Å². The lowest BCUT2D eigenvalue weighted by molar-refractivity contribution is -0.116. The van der Waals surface area contributed by atoms with E-state index in [1.807, 2.05) is 0 Å². The van der Waals surface area contributed by atoms with Crippen LogP contribution in [0.3, 0.4) is 0 Å². The standard InChI is InChI=1S/C13H21N3O3/c1-10-8-12(15-19-10)14-13(18)5-7-16-6-3-2-4-11(16)9-17/h8,11,17H,2-7,9H2,1H3,(H,14,15,18). The molecular weight excluding hydrogens is 246 g/mol. The van der Waals surface area contributed by atoms with Crippen molar-refractivity contribution in [1.82, 2.24) is 10.1 Å². The molecule has 0 spiro atoms. The number of aromatic nitrogens is 1. The number of carbonyl (C=O) groups excluding carboxylic acids is 1. The Kier molecular flexibility index (Phi) is 4.93. The van der Waals surface area contributed by atoms with Gasteiger partial charge in [-0.05, 0) is 26.3 Å². The van der Waals surface area contributed by atoms with Crippen molar-refractivity contribution in [1.29, 1.82) is 0 Å². The van der Waals surface area contributed by atoms with Gasteiger partial charge in [0.25, 0.3) is 0 Å². The first-order valence-electron chi connectivity index (χ1n) is 6.77. The molecule has 1 saturated heterocycles. The predicted octanol–water partition coefficient (Wildman–Crippen LogP) is 1.16. The van der Waals surface area contributed by atoms with Gasteiger partial charge < -0.3 is 14.9 Å². The molecule has 0 bridgehead atoms. The number of hydrogen-bond acceptors (Lipinski definition) is 5. The summed E-state index contributed by atoms with van der Waals surface area (Å²) >= 11 is 0. The quantitative estimate of drug-likeness (QED) is 0.837. The molecule has 106 valence electrons. The molecule has 1 unspecified atom stereocenters. The van der Waals surface area contributed by atoms with Gasteiger partial charge in [0.1, 0.15) is 5.76 Å². The third kappa shape index (κ3) is 4.04. The van der Waals surface area contributed by atoms with Crippen LogP contribution in [0.5, 0.6) is 0 Å². The van der Waals surface area contributed by atoms with Gasteiger partial charge in [0.2, 0.25) is 5.91 Å². The number of piperidine rings is 1. The third-order valence-electron chi connectivity index (χ3n) is 3.48. The monoisotopic (exact) mass is 267 g/mol.